The predicted molar refractivity (Wildman–Crippen MR) is 58.9 cm³/mol. The fraction of sp³-hybridized carbons (Fsp3) is 0.455. The molecular formula is C11H14BrN. The van der Waals surface area contributed by atoms with E-state index in [1.165, 1.54) is 28.4 Å². The van der Waals surface area contributed by atoms with Crippen LogP contribution in [0.5, 0.6) is 0 Å². The lowest BCUT2D eigenvalue weighted by atomic mass is 10.1. The molecule has 1 aromatic carbocycles. The van der Waals surface area contributed by atoms with Gasteiger partial charge in [-0.3, -0.25) is 0 Å². The van der Waals surface area contributed by atoms with Crippen LogP contribution in [0.4, 0.5) is 0 Å². The van der Waals surface area contributed by atoms with Gasteiger partial charge >= 0.3 is 0 Å². The van der Waals surface area contributed by atoms with E-state index in [1.807, 2.05) is 0 Å². The molecule has 0 amide bonds. The first-order valence-corrected chi connectivity index (χ1v) is 5.43. The third kappa shape index (κ3) is 1.53. The average molecular weight is 240 g/mol. The van der Waals surface area contributed by atoms with Crippen molar-refractivity contribution >= 4 is 15.9 Å². The molecule has 0 saturated carbocycles. The summed E-state index contributed by atoms with van der Waals surface area (Å²) in [6, 6.07) is 7.13. The van der Waals surface area contributed by atoms with Gasteiger partial charge in [-0.25, -0.2) is 0 Å². The van der Waals surface area contributed by atoms with Crippen molar-refractivity contribution in [2.45, 2.75) is 18.9 Å². The van der Waals surface area contributed by atoms with Gasteiger partial charge < -0.3 is 4.90 Å². The smallest absolute Gasteiger partial charge is 0.0348 e. The summed E-state index contributed by atoms with van der Waals surface area (Å²) in [4.78, 5) is 2.30. The molecule has 0 N–H and O–H groups in total. The van der Waals surface area contributed by atoms with E-state index in [0.29, 0.717) is 6.04 Å². The van der Waals surface area contributed by atoms with Gasteiger partial charge in [0.1, 0.15) is 0 Å². The molecule has 0 radical (unpaired) electrons. The summed E-state index contributed by atoms with van der Waals surface area (Å²) in [5.41, 5.74) is 3.00. The van der Waals surface area contributed by atoms with Gasteiger partial charge in [-0.15, -0.1) is 0 Å². The van der Waals surface area contributed by atoms with Crippen LogP contribution in [0.25, 0.3) is 0 Å². The molecule has 1 nitrogen and oxygen atoms in total. The normalized spacial score (nSPS) is 20.8. The molecule has 1 aromatic rings. The summed E-state index contributed by atoms with van der Waals surface area (Å²) in [6.45, 7) is 0. The van der Waals surface area contributed by atoms with Gasteiger partial charge in [-0.1, -0.05) is 28.1 Å². The number of benzene rings is 1. The minimum Gasteiger partial charge on any atom is -0.302 e. The average Bonchev–Trinajstić information content (AvgIpc) is 2.48. The number of rotatable bonds is 1. The van der Waals surface area contributed by atoms with Crippen molar-refractivity contribution in [1.29, 1.82) is 0 Å². The molecule has 1 unspecified atom stereocenters. The number of hydrogen-bond acceptors (Lipinski definition) is 1. The van der Waals surface area contributed by atoms with E-state index < -0.39 is 0 Å². The van der Waals surface area contributed by atoms with Crippen LogP contribution >= 0.6 is 15.9 Å². The highest BCUT2D eigenvalue weighted by Crippen LogP contribution is 2.37. The summed E-state index contributed by atoms with van der Waals surface area (Å²) in [5, 5.41) is 0. The molecule has 13 heavy (non-hydrogen) atoms. The number of hydrogen-bond donors (Lipinski definition) is 0. The van der Waals surface area contributed by atoms with E-state index in [2.05, 4.69) is 53.1 Å². The Balaban J connectivity index is 2.43. The Labute approximate surface area is 87.9 Å². The molecule has 0 aliphatic heterocycles. The molecule has 2 heteroatoms. The van der Waals surface area contributed by atoms with Gasteiger partial charge in [-0.2, -0.15) is 0 Å². The van der Waals surface area contributed by atoms with Crippen molar-refractivity contribution in [3.63, 3.8) is 0 Å². The van der Waals surface area contributed by atoms with E-state index in [0.717, 1.165) is 0 Å². The van der Waals surface area contributed by atoms with Crippen LogP contribution in [0.2, 0.25) is 0 Å². The van der Waals surface area contributed by atoms with Crippen molar-refractivity contribution in [1.82, 2.24) is 4.90 Å². The summed E-state index contributed by atoms with van der Waals surface area (Å²) in [5.74, 6) is 0. The van der Waals surface area contributed by atoms with Gasteiger partial charge in [-0.05, 0) is 44.1 Å². The second kappa shape index (κ2) is 3.43. The Morgan fingerprint density at radius 3 is 2.85 bits per heavy atom. The molecule has 0 heterocycles. The zero-order chi connectivity index (χ0) is 9.42. The van der Waals surface area contributed by atoms with Crippen molar-refractivity contribution in [3.05, 3.63) is 33.8 Å². The molecular weight excluding hydrogens is 226 g/mol. The SMILES string of the molecule is CN(C)C1CCc2c(Br)cccc21. The zero-order valence-electron chi connectivity index (χ0n) is 8.05. The molecule has 0 spiro atoms. The Morgan fingerprint density at radius 1 is 1.38 bits per heavy atom. The Hall–Kier alpha value is -0.340. The van der Waals surface area contributed by atoms with Crippen LogP contribution in [-0.4, -0.2) is 19.0 Å². The van der Waals surface area contributed by atoms with E-state index in [4.69, 9.17) is 0 Å². The molecule has 0 fully saturated rings. The molecule has 0 bridgehead atoms. The van der Waals surface area contributed by atoms with Gasteiger partial charge in [0.25, 0.3) is 0 Å². The summed E-state index contributed by atoms with van der Waals surface area (Å²) in [7, 11) is 4.31. The van der Waals surface area contributed by atoms with Crippen LogP contribution < -0.4 is 0 Å². The van der Waals surface area contributed by atoms with Crippen LogP contribution in [0.15, 0.2) is 22.7 Å². The monoisotopic (exact) mass is 239 g/mol. The lowest BCUT2D eigenvalue weighted by molar-refractivity contribution is 0.299. The zero-order valence-corrected chi connectivity index (χ0v) is 9.63. The predicted octanol–water partition coefficient (Wildman–Crippen LogP) is 3.00. The molecule has 1 aliphatic rings. The lowest BCUT2D eigenvalue weighted by Crippen LogP contribution is -2.17. The Kier molecular flexibility index (Phi) is 2.43. The molecule has 2 rings (SSSR count). The first kappa shape index (κ1) is 9.22. The molecule has 0 aromatic heterocycles. The van der Waals surface area contributed by atoms with Crippen molar-refractivity contribution in [3.8, 4) is 0 Å². The van der Waals surface area contributed by atoms with E-state index in [1.54, 1.807) is 0 Å². The summed E-state index contributed by atoms with van der Waals surface area (Å²) < 4.78 is 1.27. The highest BCUT2D eigenvalue weighted by Gasteiger charge is 2.24. The fourth-order valence-electron chi connectivity index (χ4n) is 2.12. The van der Waals surface area contributed by atoms with Crippen molar-refractivity contribution in [2.24, 2.45) is 0 Å². The van der Waals surface area contributed by atoms with Gasteiger partial charge in [0.2, 0.25) is 0 Å². The highest BCUT2D eigenvalue weighted by atomic mass is 79.9. The van der Waals surface area contributed by atoms with E-state index in [-0.39, 0.29) is 0 Å². The van der Waals surface area contributed by atoms with Crippen molar-refractivity contribution < 1.29 is 0 Å². The minimum atomic E-state index is 0.618. The number of fused-ring (bicyclic) bond motifs is 1. The quantitative estimate of drug-likeness (QED) is 0.729. The maximum atomic E-state index is 3.61. The Morgan fingerprint density at radius 2 is 2.15 bits per heavy atom. The third-order valence-corrected chi connectivity index (χ3v) is 3.55. The minimum absolute atomic E-state index is 0.618. The van der Waals surface area contributed by atoms with Gasteiger partial charge in [0.05, 0.1) is 0 Å². The standard InChI is InChI=1S/C11H14BrN/c1-13(2)11-7-6-8-9(11)4-3-5-10(8)12/h3-5,11H,6-7H2,1-2H3. The van der Waals surface area contributed by atoms with Crippen LogP contribution in [0.1, 0.15) is 23.6 Å². The van der Waals surface area contributed by atoms with Crippen molar-refractivity contribution in [2.75, 3.05) is 14.1 Å². The number of halogens is 1. The number of nitrogens with zero attached hydrogens (tertiary/aromatic N) is 1. The lowest BCUT2D eigenvalue weighted by Gasteiger charge is -2.19. The molecule has 1 atom stereocenters. The highest BCUT2D eigenvalue weighted by molar-refractivity contribution is 9.10. The van der Waals surface area contributed by atoms with Crippen LogP contribution in [-0.2, 0) is 6.42 Å². The largest absolute Gasteiger partial charge is 0.302 e. The maximum absolute atomic E-state index is 3.61. The molecule has 1 aliphatic carbocycles. The second-order valence-corrected chi connectivity index (χ2v) is 4.68. The van der Waals surface area contributed by atoms with Gasteiger partial charge in [0.15, 0.2) is 0 Å². The van der Waals surface area contributed by atoms with Gasteiger partial charge in [0, 0.05) is 10.5 Å². The summed E-state index contributed by atoms with van der Waals surface area (Å²) in [6.07, 6.45) is 2.46. The molecule has 70 valence electrons. The van der Waals surface area contributed by atoms with Crippen LogP contribution in [0.3, 0.4) is 0 Å². The second-order valence-electron chi connectivity index (χ2n) is 3.83. The Bertz CT molecular complexity index is 320. The first-order chi connectivity index (χ1) is 6.20. The third-order valence-electron chi connectivity index (χ3n) is 2.81. The van der Waals surface area contributed by atoms with Crippen LogP contribution in [0, 0.1) is 0 Å². The van der Waals surface area contributed by atoms with E-state index >= 15 is 0 Å². The maximum Gasteiger partial charge on any atom is 0.0348 e. The fourth-order valence-corrected chi connectivity index (χ4v) is 2.70. The summed E-state index contributed by atoms with van der Waals surface area (Å²) >= 11 is 3.61. The first-order valence-electron chi connectivity index (χ1n) is 4.64. The van der Waals surface area contributed by atoms with E-state index in [9.17, 15) is 0 Å². The topological polar surface area (TPSA) is 3.24 Å². The molecule has 0 saturated heterocycles.